The zero-order valence-corrected chi connectivity index (χ0v) is 15.5. The van der Waals surface area contributed by atoms with E-state index in [1.54, 1.807) is 13.3 Å². The number of para-hydroxylation sites is 2. The molecule has 0 radical (unpaired) electrons. The molecule has 26 heavy (non-hydrogen) atoms. The van der Waals surface area contributed by atoms with Crippen LogP contribution in [0.25, 0.3) is 11.0 Å². The van der Waals surface area contributed by atoms with Crippen molar-refractivity contribution in [2.24, 2.45) is 0 Å². The quantitative estimate of drug-likeness (QED) is 0.477. The van der Waals surface area contributed by atoms with Gasteiger partial charge in [0.25, 0.3) is 0 Å². The molecule has 2 aromatic heterocycles. The van der Waals surface area contributed by atoms with Crippen LogP contribution in [0.2, 0.25) is 0 Å². The largest absolute Gasteiger partial charge is 0.493 e. The lowest BCUT2D eigenvalue weighted by molar-refractivity contribution is 0.172. The van der Waals surface area contributed by atoms with Crippen molar-refractivity contribution in [1.29, 1.82) is 5.26 Å². The van der Waals surface area contributed by atoms with Crippen LogP contribution in [0.1, 0.15) is 22.9 Å². The molecule has 0 saturated carbocycles. The predicted molar refractivity (Wildman–Crippen MR) is 101 cm³/mol. The molecule has 0 aliphatic carbocycles. The van der Waals surface area contributed by atoms with Gasteiger partial charge in [-0.1, -0.05) is 23.9 Å². The monoisotopic (exact) mass is 368 g/mol. The number of ether oxygens (including phenoxy) is 2. The molecule has 0 aliphatic rings. The van der Waals surface area contributed by atoms with E-state index in [4.69, 9.17) is 9.47 Å². The van der Waals surface area contributed by atoms with Gasteiger partial charge in [0.05, 0.1) is 29.4 Å². The first-order valence-corrected chi connectivity index (χ1v) is 9.19. The molecule has 0 spiro atoms. The molecule has 1 aromatic carbocycles. The third-order valence-corrected chi connectivity index (χ3v) is 4.89. The van der Waals surface area contributed by atoms with Crippen LogP contribution in [0.5, 0.6) is 5.75 Å². The average molecular weight is 368 g/mol. The summed E-state index contributed by atoms with van der Waals surface area (Å²) in [5.41, 5.74) is 3.40. The topological polar surface area (TPSA) is 83.8 Å². The standard InChI is InChI=1S/C19H20N4O2S/c1-13-16(25-11-5-10-24-2)8-9-21-18(13)17(12-20)26-19-22-14-6-3-4-7-15(14)23-19/h3-4,6-9,17H,5,10-11H2,1-2H3,(H,22,23). The fourth-order valence-corrected chi connectivity index (χ4v) is 3.52. The Labute approximate surface area is 156 Å². The second kappa shape index (κ2) is 8.70. The first kappa shape index (κ1) is 18.2. The first-order chi connectivity index (χ1) is 12.7. The van der Waals surface area contributed by atoms with Gasteiger partial charge in [0, 0.05) is 31.9 Å². The number of nitriles is 1. The maximum atomic E-state index is 9.67. The van der Waals surface area contributed by atoms with Crippen molar-refractivity contribution in [2.45, 2.75) is 23.8 Å². The molecule has 0 amide bonds. The van der Waals surface area contributed by atoms with Gasteiger partial charge in [-0.05, 0) is 25.1 Å². The van der Waals surface area contributed by atoms with Crippen LogP contribution >= 0.6 is 11.8 Å². The second-order valence-electron chi connectivity index (χ2n) is 5.70. The van der Waals surface area contributed by atoms with Crippen molar-refractivity contribution in [3.8, 4) is 11.8 Å². The highest BCUT2D eigenvalue weighted by molar-refractivity contribution is 7.99. The number of aromatic amines is 1. The fraction of sp³-hybridized carbons (Fsp3) is 0.316. The van der Waals surface area contributed by atoms with Crippen molar-refractivity contribution in [3.63, 3.8) is 0 Å². The number of imidazole rings is 1. The van der Waals surface area contributed by atoms with E-state index in [9.17, 15) is 5.26 Å². The lowest BCUT2D eigenvalue weighted by Gasteiger charge is -2.14. The minimum absolute atomic E-state index is 0.474. The fourth-order valence-electron chi connectivity index (χ4n) is 2.58. The van der Waals surface area contributed by atoms with Gasteiger partial charge in [0.2, 0.25) is 0 Å². The molecule has 0 aliphatic heterocycles. The zero-order valence-electron chi connectivity index (χ0n) is 14.7. The molecule has 0 saturated heterocycles. The SMILES string of the molecule is COCCCOc1ccnc(C(C#N)Sc2nc3ccccc3[nH]2)c1C. The zero-order chi connectivity index (χ0) is 18.4. The molecule has 0 fully saturated rings. The molecule has 6 nitrogen and oxygen atoms in total. The number of H-pyrrole nitrogens is 1. The van der Waals surface area contributed by atoms with E-state index in [-0.39, 0.29) is 0 Å². The number of thioether (sulfide) groups is 1. The number of hydrogen-bond donors (Lipinski definition) is 1. The van der Waals surface area contributed by atoms with E-state index in [1.807, 2.05) is 37.3 Å². The number of nitrogens with zero attached hydrogens (tertiary/aromatic N) is 3. The van der Waals surface area contributed by atoms with Crippen LogP contribution < -0.4 is 4.74 Å². The Hall–Kier alpha value is -2.56. The minimum Gasteiger partial charge on any atom is -0.493 e. The van der Waals surface area contributed by atoms with Crippen LogP contribution in [0.3, 0.4) is 0 Å². The molecular weight excluding hydrogens is 348 g/mol. The number of methoxy groups -OCH3 is 1. The van der Waals surface area contributed by atoms with E-state index in [0.717, 1.165) is 28.8 Å². The normalized spacial score (nSPS) is 12.0. The molecular formula is C19H20N4O2S. The Morgan fingerprint density at radius 3 is 2.88 bits per heavy atom. The van der Waals surface area contributed by atoms with Crippen LogP contribution in [-0.4, -0.2) is 35.3 Å². The van der Waals surface area contributed by atoms with Crippen molar-refractivity contribution in [1.82, 2.24) is 15.0 Å². The Kier molecular flexibility index (Phi) is 6.10. The van der Waals surface area contributed by atoms with Gasteiger partial charge in [0.1, 0.15) is 11.0 Å². The summed E-state index contributed by atoms with van der Waals surface area (Å²) >= 11 is 1.36. The van der Waals surface area contributed by atoms with Crippen LogP contribution in [0.4, 0.5) is 0 Å². The number of aromatic nitrogens is 3. The third-order valence-electron chi connectivity index (χ3n) is 3.91. The Morgan fingerprint density at radius 2 is 2.12 bits per heavy atom. The van der Waals surface area contributed by atoms with Crippen molar-refractivity contribution in [2.75, 3.05) is 20.3 Å². The minimum atomic E-state index is -0.474. The van der Waals surface area contributed by atoms with E-state index in [2.05, 4.69) is 21.0 Å². The Balaban J connectivity index is 1.78. The molecule has 2 heterocycles. The number of pyridine rings is 1. The van der Waals surface area contributed by atoms with Gasteiger partial charge >= 0.3 is 0 Å². The lowest BCUT2D eigenvalue weighted by Crippen LogP contribution is -2.05. The molecule has 134 valence electrons. The molecule has 3 rings (SSSR count). The van der Waals surface area contributed by atoms with E-state index in [0.29, 0.717) is 24.1 Å². The number of fused-ring (bicyclic) bond motifs is 1. The predicted octanol–water partition coefficient (Wildman–Crippen LogP) is 4.04. The summed E-state index contributed by atoms with van der Waals surface area (Å²) in [6.07, 6.45) is 2.49. The molecule has 0 bridgehead atoms. The summed E-state index contributed by atoms with van der Waals surface area (Å²) in [5, 5.41) is 9.89. The van der Waals surface area contributed by atoms with Crippen molar-refractivity contribution in [3.05, 3.63) is 47.8 Å². The van der Waals surface area contributed by atoms with Gasteiger partial charge < -0.3 is 14.5 Å². The maximum absolute atomic E-state index is 9.67. The summed E-state index contributed by atoms with van der Waals surface area (Å²) in [4.78, 5) is 12.2. The van der Waals surface area contributed by atoms with E-state index in [1.165, 1.54) is 11.8 Å². The smallest absolute Gasteiger partial charge is 0.168 e. The number of nitrogens with one attached hydrogen (secondary N) is 1. The maximum Gasteiger partial charge on any atom is 0.168 e. The Morgan fingerprint density at radius 1 is 1.27 bits per heavy atom. The van der Waals surface area contributed by atoms with Crippen molar-refractivity contribution >= 4 is 22.8 Å². The van der Waals surface area contributed by atoms with E-state index >= 15 is 0 Å². The molecule has 1 unspecified atom stereocenters. The van der Waals surface area contributed by atoms with Gasteiger partial charge in [-0.2, -0.15) is 5.26 Å². The van der Waals surface area contributed by atoms with Crippen LogP contribution in [0, 0.1) is 18.3 Å². The summed E-state index contributed by atoms with van der Waals surface area (Å²) < 4.78 is 10.8. The highest BCUT2D eigenvalue weighted by Gasteiger charge is 2.20. The molecule has 1 atom stereocenters. The van der Waals surface area contributed by atoms with E-state index < -0.39 is 5.25 Å². The van der Waals surface area contributed by atoms with Gasteiger partial charge in [0.15, 0.2) is 5.16 Å². The summed E-state index contributed by atoms with van der Waals surface area (Å²) in [5.74, 6) is 0.747. The van der Waals surface area contributed by atoms with Gasteiger partial charge in [-0.3, -0.25) is 4.98 Å². The Bertz CT molecular complexity index is 886. The number of rotatable bonds is 8. The summed E-state index contributed by atoms with van der Waals surface area (Å²) in [6, 6.07) is 11.9. The number of hydrogen-bond acceptors (Lipinski definition) is 6. The highest BCUT2D eigenvalue weighted by Crippen LogP contribution is 2.36. The second-order valence-corrected chi connectivity index (χ2v) is 6.79. The van der Waals surface area contributed by atoms with Gasteiger partial charge in [-0.25, -0.2) is 4.98 Å². The number of benzene rings is 1. The van der Waals surface area contributed by atoms with Crippen LogP contribution in [-0.2, 0) is 4.74 Å². The summed E-state index contributed by atoms with van der Waals surface area (Å²) in [6.45, 7) is 3.14. The highest BCUT2D eigenvalue weighted by atomic mass is 32.2. The van der Waals surface area contributed by atoms with Crippen molar-refractivity contribution < 1.29 is 9.47 Å². The summed E-state index contributed by atoms with van der Waals surface area (Å²) in [7, 11) is 1.67. The van der Waals surface area contributed by atoms with Crippen LogP contribution in [0.15, 0.2) is 41.7 Å². The first-order valence-electron chi connectivity index (χ1n) is 8.31. The van der Waals surface area contributed by atoms with Gasteiger partial charge in [-0.15, -0.1) is 0 Å². The molecule has 1 N–H and O–H groups in total. The lowest BCUT2D eigenvalue weighted by atomic mass is 10.1. The molecule has 7 heteroatoms. The third kappa shape index (κ3) is 4.15. The molecule has 3 aromatic rings. The average Bonchev–Trinajstić information content (AvgIpc) is 3.07.